The molecule has 3 aromatic rings. The summed E-state index contributed by atoms with van der Waals surface area (Å²) in [7, 11) is 0. The summed E-state index contributed by atoms with van der Waals surface area (Å²) in [6, 6.07) is 13.8. The lowest BCUT2D eigenvalue weighted by atomic mass is 10.1. The molecule has 0 saturated heterocycles. The van der Waals surface area contributed by atoms with Gasteiger partial charge in [-0.15, -0.1) is 10.2 Å². The van der Waals surface area contributed by atoms with E-state index in [1.165, 1.54) is 4.90 Å². The molecule has 0 aromatic heterocycles. The Morgan fingerprint density at radius 3 is 2.16 bits per heavy atom. The van der Waals surface area contributed by atoms with Gasteiger partial charge in [-0.2, -0.15) is 0 Å². The van der Waals surface area contributed by atoms with Crippen molar-refractivity contribution < 1.29 is 19.4 Å². The predicted molar refractivity (Wildman–Crippen MR) is 140 cm³/mol. The van der Waals surface area contributed by atoms with Crippen LogP contribution in [0.15, 0.2) is 64.8 Å². The number of benzene rings is 3. The summed E-state index contributed by atoms with van der Waals surface area (Å²) < 4.78 is 0. The second-order valence-corrected chi connectivity index (χ2v) is 8.77. The first kappa shape index (κ1) is 26.4. The molecular formula is C25H21ClN6O6. The fourth-order valence-corrected chi connectivity index (χ4v) is 4.35. The lowest BCUT2D eigenvalue weighted by Crippen LogP contribution is -2.38. The van der Waals surface area contributed by atoms with E-state index in [1.54, 1.807) is 43.3 Å². The minimum absolute atomic E-state index is 0.211. The summed E-state index contributed by atoms with van der Waals surface area (Å²) in [6.45, 7) is 4.95. The van der Waals surface area contributed by atoms with Crippen molar-refractivity contribution in [1.82, 2.24) is 4.90 Å². The topological polar surface area (TPSA) is 152 Å². The van der Waals surface area contributed by atoms with Crippen LogP contribution in [0.4, 0.5) is 28.4 Å². The highest BCUT2D eigenvalue weighted by molar-refractivity contribution is 6.33. The fourth-order valence-electron chi connectivity index (χ4n) is 4.10. The van der Waals surface area contributed by atoms with Crippen molar-refractivity contribution in [3.8, 4) is 0 Å². The normalized spacial score (nSPS) is 12.8. The van der Waals surface area contributed by atoms with E-state index in [2.05, 4.69) is 10.2 Å². The van der Waals surface area contributed by atoms with Crippen LogP contribution in [-0.2, 0) is 0 Å². The third kappa shape index (κ3) is 5.06. The minimum atomic E-state index is -0.809. The Balaban J connectivity index is 1.51. The lowest BCUT2D eigenvalue weighted by molar-refractivity contribution is -0.393. The zero-order chi connectivity index (χ0) is 27.6. The van der Waals surface area contributed by atoms with Crippen LogP contribution in [-0.4, -0.2) is 46.2 Å². The van der Waals surface area contributed by atoms with Crippen LogP contribution in [0.3, 0.4) is 0 Å². The van der Waals surface area contributed by atoms with Crippen LogP contribution in [0.25, 0.3) is 0 Å². The number of likely N-dealkylation sites (N-methyl/N-ethyl adjacent to an activating group) is 1. The highest BCUT2D eigenvalue weighted by atomic mass is 35.5. The van der Waals surface area contributed by atoms with E-state index in [0.29, 0.717) is 35.5 Å². The van der Waals surface area contributed by atoms with E-state index in [0.717, 1.165) is 17.8 Å². The highest BCUT2D eigenvalue weighted by Gasteiger charge is 2.35. The Kier molecular flexibility index (Phi) is 7.44. The van der Waals surface area contributed by atoms with Crippen molar-refractivity contribution >= 4 is 51.9 Å². The largest absolute Gasteiger partial charge is 0.370 e. The standard InChI is InChI=1S/C25H21ClN6O6/c1-3-29(10-11-30-24(33)18-6-4-5-7-19(18)25(30)34)16-8-9-21(15(2)12-16)27-28-23-20(26)13-17(31(35)36)14-22(23)32(37)38/h4-9,12-14H,3,10-11H2,1-2H3. The lowest BCUT2D eigenvalue weighted by Gasteiger charge is -2.26. The maximum Gasteiger partial charge on any atom is 0.305 e. The van der Waals surface area contributed by atoms with Gasteiger partial charge in [0.05, 0.1) is 37.7 Å². The third-order valence-electron chi connectivity index (χ3n) is 6.09. The van der Waals surface area contributed by atoms with Crippen LogP contribution in [0.2, 0.25) is 5.02 Å². The van der Waals surface area contributed by atoms with Crippen LogP contribution >= 0.6 is 11.6 Å². The summed E-state index contributed by atoms with van der Waals surface area (Å²) in [4.78, 5) is 49.4. The number of non-ortho nitro benzene ring substituents is 1. The van der Waals surface area contributed by atoms with Gasteiger partial charge < -0.3 is 4.90 Å². The fraction of sp³-hybridized carbons (Fsp3) is 0.200. The van der Waals surface area contributed by atoms with Crippen molar-refractivity contribution in [3.63, 3.8) is 0 Å². The molecule has 0 spiro atoms. The Bertz CT molecular complexity index is 1470. The maximum absolute atomic E-state index is 12.7. The van der Waals surface area contributed by atoms with Crippen LogP contribution in [0.1, 0.15) is 33.2 Å². The molecule has 1 heterocycles. The van der Waals surface area contributed by atoms with E-state index in [-0.39, 0.29) is 29.1 Å². The number of carbonyl (C=O) groups is 2. The molecule has 2 amide bonds. The highest BCUT2D eigenvalue weighted by Crippen LogP contribution is 2.40. The van der Waals surface area contributed by atoms with Gasteiger partial charge >= 0.3 is 5.69 Å². The number of nitro groups is 2. The smallest absolute Gasteiger partial charge is 0.305 e. The monoisotopic (exact) mass is 536 g/mol. The van der Waals surface area contributed by atoms with Gasteiger partial charge in [-0.3, -0.25) is 34.7 Å². The molecule has 0 aliphatic carbocycles. The van der Waals surface area contributed by atoms with Gasteiger partial charge in [0.2, 0.25) is 0 Å². The van der Waals surface area contributed by atoms with Crippen molar-refractivity contribution in [2.75, 3.05) is 24.5 Å². The number of aryl methyl sites for hydroxylation is 1. The van der Waals surface area contributed by atoms with Gasteiger partial charge in [-0.05, 0) is 49.7 Å². The Labute approximate surface area is 221 Å². The van der Waals surface area contributed by atoms with E-state index in [1.807, 2.05) is 17.9 Å². The molecule has 12 nitrogen and oxygen atoms in total. The molecule has 0 radical (unpaired) electrons. The van der Waals surface area contributed by atoms with E-state index in [9.17, 15) is 29.8 Å². The van der Waals surface area contributed by atoms with Gasteiger partial charge in [-0.25, -0.2) is 0 Å². The molecule has 0 fully saturated rings. The van der Waals surface area contributed by atoms with Crippen molar-refractivity contribution in [2.45, 2.75) is 13.8 Å². The van der Waals surface area contributed by atoms with Gasteiger partial charge in [0, 0.05) is 31.4 Å². The molecule has 0 atom stereocenters. The van der Waals surface area contributed by atoms with Gasteiger partial charge in [0.15, 0.2) is 5.69 Å². The number of carbonyl (C=O) groups excluding carboxylic acids is 2. The second-order valence-electron chi connectivity index (χ2n) is 8.37. The predicted octanol–water partition coefficient (Wildman–Crippen LogP) is 6.00. The SMILES string of the molecule is CCN(CCN1C(=O)c2ccccc2C1=O)c1ccc(N=Nc2c(Cl)cc([N+](=O)[O-])cc2[N+](=O)[O-])c(C)c1. The first-order valence-electron chi connectivity index (χ1n) is 11.5. The number of amides is 2. The Morgan fingerprint density at radius 1 is 0.947 bits per heavy atom. The summed E-state index contributed by atoms with van der Waals surface area (Å²) in [6.07, 6.45) is 0. The van der Waals surface area contributed by atoms with Crippen LogP contribution < -0.4 is 4.90 Å². The number of rotatable bonds is 9. The van der Waals surface area contributed by atoms with Crippen molar-refractivity contribution in [3.05, 3.63) is 96.5 Å². The molecular weight excluding hydrogens is 516 g/mol. The molecule has 3 aromatic carbocycles. The average molecular weight is 537 g/mol. The maximum atomic E-state index is 12.7. The Morgan fingerprint density at radius 2 is 1.61 bits per heavy atom. The number of hydrogen-bond donors (Lipinski definition) is 0. The number of azo groups is 1. The summed E-state index contributed by atoms with van der Waals surface area (Å²) in [5.41, 5.74) is 1.29. The molecule has 1 aliphatic rings. The Hall–Kier alpha value is -4.71. The average Bonchev–Trinajstić information content (AvgIpc) is 3.13. The van der Waals surface area contributed by atoms with E-state index < -0.39 is 21.2 Å². The number of fused-ring (bicyclic) bond motifs is 1. The summed E-state index contributed by atoms with van der Waals surface area (Å²) >= 11 is 6.03. The molecule has 0 unspecified atom stereocenters. The molecule has 0 bridgehead atoms. The molecule has 0 N–H and O–H groups in total. The molecule has 38 heavy (non-hydrogen) atoms. The molecule has 194 valence electrons. The summed E-state index contributed by atoms with van der Waals surface area (Å²) in [5, 5.41) is 30.1. The quantitative estimate of drug-likeness (QED) is 0.141. The minimum Gasteiger partial charge on any atom is -0.370 e. The van der Waals surface area contributed by atoms with Gasteiger partial charge in [0.1, 0.15) is 0 Å². The molecule has 1 aliphatic heterocycles. The number of imide groups is 1. The van der Waals surface area contributed by atoms with E-state index >= 15 is 0 Å². The number of nitro benzene ring substituents is 2. The zero-order valence-corrected chi connectivity index (χ0v) is 21.1. The summed E-state index contributed by atoms with van der Waals surface area (Å²) in [5.74, 6) is -0.625. The number of hydrogen-bond acceptors (Lipinski definition) is 9. The first-order valence-corrected chi connectivity index (χ1v) is 11.8. The number of nitrogens with zero attached hydrogens (tertiary/aromatic N) is 6. The molecule has 13 heteroatoms. The second kappa shape index (κ2) is 10.7. The van der Waals surface area contributed by atoms with Crippen molar-refractivity contribution in [2.24, 2.45) is 10.2 Å². The van der Waals surface area contributed by atoms with Crippen molar-refractivity contribution in [1.29, 1.82) is 0 Å². The number of anilines is 1. The third-order valence-corrected chi connectivity index (χ3v) is 6.38. The first-order chi connectivity index (χ1) is 18.1. The number of halogens is 1. The van der Waals surface area contributed by atoms with Gasteiger partial charge in [0.25, 0.3) is 17.5 Å². The van der Waals surface area contributed by atoms with Crippen LogP contribution in [0.5, 0.6) is 0 Å². The van der Waals surface area contributed by atoms with E-state index in [4.69, 9.17) is 11.6 Å². The van der Waals surface area contributed by atoms with Crippen LogP contribution in [0, 0.1) is 27.2 Å². The van der Waals surface area contributed by atoms with Gasteiger partial charge in [-0.1, -0.05) is 23.7 Å². The zero-order valence-electron chi connectivity index (χ0n) is 20.3. The molecule has 4 rings (SSSR count). The molecule has 0 saturated carbocycles.